The fourth-order valence-electron chi connectivity index (χ4n) is 5.57. The lowest BCUT2D eigenvalue weighted by Crippen LogP contribution is -2.50. The van der Waals surface area contributed by atoms with Gasteiger partial charge in [0.2, 0.25) is 5.36 Å². The molecule has 0 spiro atoms. The highest BCUT2D eigenvalue weighted by atomic mass is 32.2. The van der Waals surface area contributed by atoms with E-state index in [0.717, 1.165) is 6.42 Å². The van der Waals surface area contributed by atoms with Gasteiger partial charge in [0, 0.05) is 42.1 Å². The molecule has 294 valence electrons. The number of hydrogen-bond donors (Lipinski definition) is 5. The Balaban J connectivity index is 0.00000102. The van der Waals surface area contributed by atoms with E-state index in [1.807, 2.05) is 0 Å². The molecule has 0 radical (unpaired) electrons. The molecule has 0 unspecified atom stereocenters. The molecule has 54 heavy (non-hydrogen) atoms. The fraction of sp³-hybridized carbons (Fsp3) is 0.333. The number of aliphatic carboxylic acids is 2. The number of nitrogens with two attached hydrogens (primary N) is 2. The molecular formula is C33H37F3N4O12S2. The first-order valence-corrected chi connectivity index (χ1v) is 19.0. The van der Waals surface area contributed by atoms with Crippen molar-refractivity contribution in [2.75, 3.05) is 25.4 Å². The monoisotopic (exact) mass is 802 g/mol. The van der Waals surface area contributed by atoms with Crippen LogP contribution in [0.4, 0.5) is 18.9 Å². The van der Waals surface area contributed by atoms with Crippen LogP contribution >= 0.6 is 0 Å². The highest BCUT2D eigenvalue weighted by Crippen LogP contribution is 2.45. The van der Waals surface area contributed by atoms with E-state index in [1.165, 1.54) is 46.8 Å². The summed E-state index contributed by atoms with van der Waals surface area (Å²) in [4.78, 5) is 30.6. The predicted octanol–water partition coefficient (Wildman–Crippen LogP) is 0.395. The number of alkyl halides is 3. The summed E-state index contributed by atoms with van der Waals surface area (Å²) in [6.45, 7) is 0.781. The van der Waals surface area contributed by atoms with Crippen LogP contribution < -0.4 is 27.3 Å². The van der Waals surface area contributed by atoms with Crippen molar-refractivity contribution in [3.8, 4) is 22.5 Å². The summed E-state index contributed by atoms with van der Waals surface area (Å²) in [7, 11) is -9.79. The average Bonchev–Trinajstić information content (AvgIpc) is 3.06. The minimum Gasteiger partial charge on any atom is -0.744 e. The number of unbranched alkanes of at least 4 members (excludes halogenated alkanes) is 4. The summed E-state index contributed by atoms with van der Waals surface area (Å²) in [5.74, 6) is -5.67. The second-order valence-corrected chi connectivity index (χ2v) is 15.0. The van der Waals surface area contributed by atoms with Crippen LogP contribution in [0.1, 0.15) is 55.3 Å². The zero-order chi connectivity index (χ0) is 40.6. The summed E-state index contributed by atoms with van der Waals surface area (Å²) in [5.41, 5.74) is 8.85. The first kappa shape index (κ1) is 43.3. The second-order valence-electron chi connectivity index (χ2n) is 11.8. The molecule has 2 aromatic carbocycles. The summed E-state index contributed by atoms with van der Waals surface area (Å²) in [6.07, 6.45) is -2.17. The normalized spacial score (nSPS) is 12.1. The number of halogens is 3. The SMILES string of the molecule is Nc1ccc2c(-c3ccccc3C(=O)O)c3ccc(=[NH2+])c(S(=O)(=O)N(CCCCC[NH3+])CCCCCC(=O)O)c-3oc2c1S(=O)(=O)[O-].O=C([O-])C(F)(F)F. The number of anilines is 1. The summed E-state index contributed by atoms with van der Waals surface area (Å²) in [5, 5.41) is 33.9. The van der Waals surface area contributed by atoms with E-state index in [0.29, 0.717) is 38.6 Å². The second kappa shape index (κ2) is 17.8. The number of carbonyl (C=O) groups excluding carboxylic acids is 1. The minimum atomic E-state index is -5.29. The van der Waals surface area contributed by atoms with E-state index in [2.05, 4.69) is 5.73 Å². The Morgan fingerprint density at radius 2 is 1.46 bits per heavy atom. The number of rotatable bonds is 16. The van der Waals surface area contributed by atoms with Gasteiger partial charge in [-0.25, -0.2) is 21.6 Å². The van der Waals surface area contributed by atoms with Gasteiger partial charge >= 0.3 is 18.1 Å². The Kier molecular flexibility index (Phi) is 14.3. The molecule has 0 saturated heterocycles. The quantitative estimate of drug-likeness (QED) is 0.0444. The van der Waals surface area contributed by atoms with E-state index in [-0.39, 0.29) is 52.5 Å². The molecule has 0 saturated carbocycles. The van der Waals surface area contributed by atoms with Crippen molar-refractivity contribution in [2.45, 2.75) is 60.9 Å². The third-order valence-electron chi connectivity index (χ3n) is 7.99. The van der Waals surface area contributed by atoms with Gasteiger partial charge in [0.15, 0.2) is 16.2 Å². The third-order valence-corrected chi connectivity index (χ3v) is 10.9. The van der Waals surface area contributed by atoms with Gasteiger partial charge in [0.25, 0.3) is 10.0 Å². The first-order chi connectivity index (χ1) is 25.1. The Bertz CT molecular complexity index is 2280. The third kappa shape index (κ3) is 10.3. The molecular weight excluding hydrogens is 766 g/mol. The molecule has 9 N–H and O–H groups in total. The molecule has 0 atom stereocenters. The van der Waals surface area contributed by atoms with Crippen molar-refractivity contribution in [1.29, 1.82) is 0 Å². The number of sulfonamides is 1. The topological polar surface area (TPSA) is 302 Å². The van der Waals surface area contributed by atoms with Crippen molar-refractivity contribution < 1.29 is 79.8 Å². The van der Waals surface area contributed by atoms with E-state index in [1.54, 1.807) is 6.07 Å². The van der Waals surface area contributed by atoms with Crippen molar-refractivity contribution in [2.24, 2.45) is 0 Å². The average molecular weight is 803 g/mol. The Morgan fingerprint density at radius 1 is 0.870 bits per heavy atom. The lowest BCUT2D eigenvalue weighted by molar-refractivity contribution is -0.368. The van der Waals surface area contributed by atoms with Crippen molar-refractivity contribution >= 4 is 54.7 Å². The molecule has 0 bridgehead atoms. The maximum atomic E-state index is 14.5. The van der Waals surface area contributed by atoms with Crippen molar-refractivity contribution in [1.82, 2.24) is 4.31 Å². The molecule has 1 heterocycles. The predicted molar refractivity (Wildman–Crippen MR) is 180 cm³/mol. The maximum absolute atomic E-state index is 14.5. The Labute approximate surface area is 306 Å². The number of aromatic carboxylic acids is 1. The molecule has 21 heteroatoms. The number of benzene rings is 3. The molecule has 0 amide bonds. The number of carboxylic acids is 3. The van der Waals surface area contributed by atoms with E-state index < -0.39 is 71.0 Å². The van der Waals surface area contributed by atoms with Gasteiger partial charge in [-0.2, -0.15) is 17.5 Å². The van der Waals surface area contributed by atoms with Crippen LogP contribution in [0.2, 0.25) is 0 Å². The van der Waals surface area contributed by atoms with E-state index >= 15 is 0 Å². The Morgan fingerprint density at radius 3 is 2.00 bits per heavy atom. The van der Waals surface area contributed by atoms with Crippen LogP contribution in [-0.4, -0.2) is 79.6 Å². The van der Waals surface area contributed by atoms with Gasteiger partial charge in [-0.3, -0.25) is 10.2 Å². The van der Waals surface area contributed by atoms with Crippen LogP contribution in [0.5, 0.6) is 0 Å². The highest BCUT2D eigenvalue weighted by molar-refractivity contribution is 7.89. The minimum absolute atomic E-state index is 0.00593. The van der Waals surface area contributed by atoms with Gasteiger partial charge in [-0.05, 0) is 61.9 Å². The summed E-state index contributed by atoms with van der Waals surface area (Å²) >= 11 is 0. The number of carbonyl (C=O) groups is 3. The van der Waals surface area contributed by atoms with Crippen LogP contribution in [-0.2, 0) is 29.7 Å². The molecule has 4 rings (SSSR count). The molecule has 1 aliphatic carbocycles. The van der Waals surface area contributed by atoms with E-state index in [9.17, 15) is 49.3 Å². The zero-order valence-electron chi connectivity index (χ0n) is 28.4. The van der Waals surface area contributed by atoms with E-state index in [4.69, 9.17) is 30.6 Å². The maximum Gasteiger partial charge on any atom is 0.430 e. The number of hydrogen-bond acceptors (Lipinski definition) is 11. The standard InChI is InChI=1S/C31H36N4O10S2.C2HF3O2/c32-16-6-2-8-18-35(17-7-1-3-11-25(36)37)46(40,41)29-23(33)14-12-21-26(19-9-4-5-10-20(19)31(38)39)22-13-15-24(34)30(47(42,43)44)28(22)45-27(21)29;3-2(4,5)1(6)7/h4-5,9-10,12-15,33H,1-3,6-8,11,16-18,32,34H2,(H,36,37)(H,38,39)(H,42,43,44);(H,6,7). The molecule has 2 aromatic rings. The van der Waals surface area contributed by atoms with Gasteiger partial charge in [-0.1, -0.05) is 24.6 Å². The number of nitrogens with zero attached hydrogens (tertiary/aromatic N) is 1. The molecule has 2 aliphatic rings. The molecule has 0 fully saturated rings. The van der Waals surface area contributed by atoms with Crippen molar-refractivity contribution in [3.63, 3.8) is 0 Å². The van der Waals surface area contributed by atoms with Gasteiger partial charge in [0.05, 0.1) is 17.8 Å². The number of fused-ring (bicyclic) bond motifs is 2. The fourth-order valence-corrected chi connectivity index (χ4v) is 8.05. The molecule has 16 nitrogen and oxygen atoms in total. The lowest BCUT2D eigenvalue weighted by Gasteiger charge is -2.25. The largest absolute Gasteiger partial charge is 0.744 e. The number of carboxylic acid groups (broad SMARTS) is 3. The van der Waals surface area contributed by atoms with Crippen LogP contribution in [0.15, 0.2) is 62.7 Å². The lowest BCUT2D eigenvalue weighted by atomic mass is 9.90. The summed E-state index contributed by atoms with van der Waals surface area (Å²) < 4.78 is 105. The first-order valence-electron chi connectivity index (χ1n) is 16.1. The van der Waals surface area contributed by atoms with Crippen LogP contribution in [0.25, 0.3) is 33.4 Å². The van der Waals surface area contributed by atoms with Crippen molar-refractivity contribution in [3.05, 3.63) is 59.5 Å². The van der Waals surface area contributed by atoms with Crippen LogP contribution in [0, 0.1) is 0 Å². The zero-order valence-corrected chi connectivity index (χ0v) is 30.1. The molecule has 0 aromatic heterocycles. The number of nitrogen functional groups attached to an aromatic ring is 1. The van der Waals surface area contributed by atoms with Gasteiger partial charge in [-0.15, -0.1) is 0 Å². The molecule has 1 aliphatic heterocycles. The summed E-state index contributed by atoms with van der Waals surface area (Å²) in [6, 6.07) is 11.2. The smallest absolute Gasteiger partial charge is 0.430 e. The van der Waals surface area contributed by atoms with Crippen LogP contribution in [0.3, 0.4) is 0 Å². The van der Waals surface area contributed by atoms with Gasteiger partial charge < -0.3 is 40.6 Å². The number of quaternary nitrogens is 1. The Hall–Kier alpha value is -5.09. The highest BCUT2D eigenvalue weighted by Gasteiger charge is 2.36. The van der Waals surface area contributed by atoms with Gasteiger partial charge in [0.1, 0.15) is 21.0 Å².